The fourth-order valence-electron chi connectivity index (χ4n) is 2.67. The van der Waals surface area contributed by atoms with Crippen molar-refractivity contribution in [2.75, 3.05) is 19.7 Å². The molecule has 21 heavy (non-hydrogen) atoms. The van der Waals surface area contributed by atoms with Crippen molar-refractivity contribution in [2.45, 2.75) is 38.8 Å². The van der Waals surface area contributed by atoms with Crippen LogP contribution in [0.1, 0.15) is 38.3 Å². The van der Waals surface area contributed by atoms with E-state index in [-0.39, 0.29) is 12.1 Å². The van der Waals surface area contributed by atoms with Crippen LogP contribution in [-0.2, 0) is 4.74 Å². The van der Waals surface area contributed by atoms with E-state index in [1.54, 1.807) is 4.90 Å². The minimum Gasteiger partial charge on any atom is -0.450 e. The molecule has 1 aliphatic rings. The van der Waals surface area contributed by atoms with Crippen LogP contribution in [0.25, 0.3) is 0 Å². The summed E-state index contributed by atoms with van der Waals surface area (Å²) in [7, 11) is 0. The summed E-state index contributed by atoms with van der Waals surface area (Å²) in [5.41, 5.74) is 1.19. The number of likely N-dealkylation sites (tertiary alicyclic amines) is 1. The molecule has 1 N–H and O–H groups in total. The van der Waals surface area contributed by atoms with E-state index >= 15 is 0 Å². The van der Waals surface area contributed by atoms with Gasteiger partial charge in [0.2, 0.25) is 0 Å². The van der Waals surface area contributed by atoms with Crippen LogP contribution in [0.15, 0.2) is 24.3 Å². The van der Waals surface area contributed by atoms with Gasteiger partial charge in [0.1, 0.15) is 0 Å². The molecule has 0 spiro atoms. The summed E-state index contributed by atoms with van der Waals surface area (Å²) >= 11 is 6.03. The van der Waals surface area contributed by atoms with Gasteiger partial charge < -0.3 is 15.0 Å². The molecule has 0 radical (unpaired) electrons. The van der Waals surface area contributed by atoms with Crippen molar-refractivity contribution in [2.24, 2.45) is 0 Å². The first-order chi connectivity index (χ1) is 10.1. The Morgan fingerprint density at radius 3 is 2.81 bits per heavy atom. The van der Waals surface area contributed by atoms with Crippen LogP contribution in [-0.4, -0.2) is 36.7 Å². The van der Waals surface area contributed by atoms with Crippen molar-refractivity contribution >= 4 is 17.7 Å². The maximum absolute atomic E-state index is 11.7. The van der Waals surface area contributed by atoms with Gasteiger partial charge in [-0.05, 0) is 44.4 Å². The van der Waals surface area contributed by atoms with Gasteiger partial charge in [-0.15, -0.1) is 0 Å². The standard InChI is InChI=1S/C16H23ClN2O2/c1-3-21-16(20)19-9-7-15(8-10-19)18-12(2)13-5-4-6-14(17)11-13/h4-6,11-12,15,18H,3,7-10H2,1-2H3. The average Bonchev–Trinajstić information content (AvgIpc) is 2.48. The van der Waals surface area contributed by atoms with E-state index < -0.39 is 0 Å². The lowest BCUT2D eigenvalue weighted by Crippen LogP contribution is -2.45. The van der Waals surface area contributed by atoms with E-state index in [0.29, 0.717) is 12.6 Å². The maximum Gasteiger partial charge on any atom is 0.409 e. The summed E-state index contributed by atoms with van der Waals surface area (Å²) in [4.78, 5) is 13.4. The van der Waals surface area contributed by atoms with Crippen molar-refractivity contribution in [1.82, 2.24) is 10.2 Å². The van der Waals surface area contributed by atoms with E-state index in [0.717, 1.165) is 31.0 Å². The number of rotatable bonds is 4. The molecule has 1 saturated heterocycles. The molecule has 5 heteroatoms. The van der Waals surface area contributed by atoms with Crippen molar-refractivity contribution in [1.29, 1.82) is 0 Å². The second kappa shape index (κ2) is 7.66. The van der Waals surface area contributed by atoms with Gasteiger partial charge in [0.15, 0.2) is 0 Å². The molecule has 0 saturated carbocycles. The third-order valence-corrected chi connectivity index (χ3v) is 4.09. The Morgan fingerprint density at radius 1 is 1.48 bits per heavy atom. The van der Waals surface area contributed by atoms with Crippen molar-refractivity contribution in [3.05, 3.63) is 34.9 Å². The molecule has 1 aromatic carbocycles. The third-order valence-electron chi connectivity index (χ3n) is 3.86. The predicted octanol–water partition coefficient (Wildman–Crippen LogP) is 3.61. The minimum atomic E-state index is -0.196. The van der Waals surface area contributed by atoms with Gasteiger partial charge >= 0.3 is 6.09 Å². The van der Waals surface area contributed by atoms with Crippen molar-refractivity contribution in [3.8, 4) is 0 Å². The normalized spacial score (nSPS) is 17.6. The van der Waals surface area contributed by atoms with Gasteiger partial charge in [-0.1, -0.05) is 23.7 Å². The second-order valence-electron chi connectivity index (χ2n) is 5.40. The van der Waals surface area contributed by atoms with E-state index in [1.807, 2.05) is 25.1 Å². The number of ether oxygens (including phenoxy) is 1. The lowest BCUT2D eigenvalue weighted by Gasteiger charge is -2.33. The van der Waals surface area contributed by atoms with Gasteiger partial charge in [-0.25, -0.2) is 4.79 Å². The van der Waals surface area contributed by atoms with Gasteiger partial charge in [0.25, 0.3) is 0 Å². The number of halogens is 1. The fraction of sp³-hybridized carbons (Fsp3) is 0.562. The Balaban J connectivity index is 1.82. The Kier molecular flexibility index (Phi) is 5.88. The summed E-state index contributed by atoms with van der Waals surface area (Å²) < 4.78 is 5.03. The highest BCUT2D eigenvalue weighted by Crippen LogP contribution is 2.20. The smallest absolute Gasteiger partial charge is 0.409 e. The quantitative estimate of drug-likeness (QED) is 0.923. The topological polar surface area (TPSA) is 41.6 Å². The number of amides is 1. The van der Waals surface area contributed by atoms with Crippen molar-refractivity contribution < 1.29 is 9.53 Å². The Bertz CT molecular complexity index is 473. The zero-order valence-electron chi connectivity index (χ0n) is 12.6. The number of piperidine rings is 1. The SMILES string of the molecule is CCOC(=O)N1CCC(NC(C)c2cccc(Cl)c2)CC1. The van der Waals surface area contributed by atoms with Gasteiger partial charge in [-0.2, -0.15) is 0 Å². The monoisotopic (exact) mass is 310 g/mol. The molecule has 116 valence electrons. The number of carbonyl (C=O) groups excluding carboxylic acids is 1. The molecule has 0 aromatic heterocycles. The molecule has 1 heterocycles. The molecule has 0 aliphatic carbocycles. The molecular formula is C16H23ClN2O2. The molecular weight excluding hydrogens is 288 g/mol. The van der Waals surface area contributed by atoms with Crippen LogP contribution >= 0.6 is 11.6 Å². The lowest BCUT2D eigenvalue weighted by atomic mass is 10.0. The summed E-state index contributed by atoms with van der Waals surface area (Å²) in [5.74, 6) is 0. The zero-order valence-corrected chi connectivity index (χ0v) is 13.4. The minimum absolute atomic E-state index is 0.196. The first-order valence-electron chi connectivity index (χ1n) is 7.53. The third kappa shape index (κ3) is 4.61. The summed E-state index contributed by atoms with van der Waals surface area (Å²) in [5, 5.41) is 4.38. The van der Waals surface area contributed by atoms with E-state index in [1.165, 1.54) is 5.56 Å². The molecule has 4 nitrogen and oxygen atoms in total. The largest absolute Gasteiger partial charge is 0.450 e. The average molecular weight is 311 g/mol. The van der Waals surface area contributed by atoms with E-state index in [2.05, 4.69) is 18.3 Å². The second-order valence-corrected chi connectivity index (χ2v) is 5.84. The highest BCUT2D eigenvalue weighted by molar-refractivity contribution is 6.30. The van der Waals surface area contributed by atoms with Crippen LogP contribution in [0.2, 0.25) is 5.02 Å². The highest BCUT2D eigenvalue weighted by Gasteiger charge is 2.24. The molecule has 1 amide bonds. The highest BCUT2D eigenvalue weighted by atomic mass is 35.5. The number of carbonyl (C=O) groups is 1. The molecule has 1 unspecified atom stereocenters. The lowest BCUT2D eigenvalue weighted by molar-refractivity contribution is 0.0944. The summed E-state index contributed by atoms with van der Waals surface area (Å²) in [6.45, 7) is 5.91. The Hall–Kier alpha value is -1.26. The fourth-order valence-corrected chi connectivity index (χ4v) is 2.87. The molecule has 1 aromatic rings. The zero-order chi connectivity index (χ0) is 15.2. The number of hydrogen-bond donors (Lipinski definition) is 1. The van der Waals surface area contributed by atoms with E-state index in [4.69, 9.17) is 16.3 Å². The first-order valence-corrected chi connectivity index (χ1v) is 7.91. The van der Waals surface area contributed by atoms with Gasteiger partial charge in [-0.3, -0.25) is 0 Å². The Labute approximate surface area is 131 Å². The van der Waals surface area contributed by atoms with Crippen LogP contribution in [0, 0.1) is 0 Å². The number of benzene rings is 1. The van der Waals surface area contributed by atoms with Crippen molar-refractivity contribution in [3.63, 3.8) is 0 Å². The first kappa shape index (κ1) is 16.1. The van der Waals surface area contributed by atoms with Crippen LogP contribution < -0.4 is 5.32 Å². The number of hydrogen-bond acceptors (Lipinski definition) is 3. The molecule has 0 bridgehead atoms. The Morgan fingerprint density at radius 2 is 2.19 bits per heavy atom. The van der Waals surface area contributed by atoms with Crippen LogP contribution in [0.4, 0.5) is 4.79 Å². The van der Waals surface area contributed by atoms with E-state index in [9.17, 15) is 4.79 Å². The predicted molar refractivity (Wildman–Crippen MR) is 84.6 cm³/mol. The van der Waals surface area contributed by atoms with Gasteiger partial charge in [0, 0.05) is 30.2 Å². The molecule has 1 aliphatic heterocycles. The summed E-state index contributed by atoms with van der Waals surface area (Å²) in [6, 6.07) is 8.60. The van der Waals surface area contributed by atoms with Crippen LogP contribution in [0.5, 0.6) is 0 Å². The maximum atomic E-state index is 11.7. The molecule has 1 fully saturated rings. The van der Waals surface area contributed by atoms with Gasteiger partial charge in [0.05, 0.1) is 6.61 Å². The van der Waals surface area contributed by atoms with Crippen LogP contribution in [0.3, 0.4) is 0 Å². The number of nitrogens with one attached hydrogen (secondary N) is 1. The number of nitrogens with zero attached hydrogens (tertiary/aromatic N) is 1. The molecule has 1 atom stereocenters. The molecule has 2 rings (SSSR count). The summed E-state index contributed by atoms with van der Waals surface area (Å²) in [6.07, 6.45) is 1.70.